The summed E-state index contributed by atoms with van der Waals surface area (Å²) in [6.45, 7) is 5.45. The van der Waals surface area contributed by atoms with E-state index in [9.17, 15) is 27.6 Å². The minimum atomic E-state index is -4.75. The van der Waals surface area contributed by atoms with Crippen LogP contribution >= 0.6 is 11.3 Å². The molecular weight excluding hydrogens is 465 g/mol. The number of hydrazone groups is 1. The molecule has 3 heterocycles. The molecule has 0 bridgehead atoms. The highest BCUT2D eigenvalue weighted by molar-refractivity contribution is 7.20. The standard InChI is InChI=1S/C20H25F3N4O5S/c1-11-13(8-24-25-17(29)32-19(2,3)4)33-16-14(11)15(28)27(10-20(21,22)23)18(30)26(16)9-12-6-5-7-31-12/h8,12H,5-7,9-10H2,1-4H3,(H,25,29). The van der Waals surface area contributed by atoms with Gasteiger partial charge in [-0.3, -0.25) is 13.9 Å². The Morgan fingerprint density at radius 2 is 2.00 bits per heavy atom. The summed E-state index contributed by atoms with van der Waals surface area (Å²) in [7, 11) is 0. The number of aromatic nitrogens is 2. The second-order valence-corrected chi connectivity index (χ2v) is 9.71. The molecule has 1 unspecified atom stereocenters. The molecule has 1 saturated heterocycles. The lowest BCUT2D eigenvalue weighted by atomic mass is 10.2. The van der Waals surface area contributed by atoms with E-state index in [2.05, 4.69) is 10.5 Å². The van der Waals surface area contributed by atoms with E-state index in [1.165, 1.54) is 6.21 Å². The SMILES string of the molecule is Cc1c(C=NNC(=O)OC(C)(C)C)sc2c1c(=O)n(CC(F)(F)F)c(=O)n2CC1CCCO1. The third kappa shape index (κ3) is 6.02. The molecule has 1 amide bonds. The number of nitrogens with one attached hydrogen (secondary N) is 1. The Kier molecular flexibility index (Phi) is 7.03. The van der Waals surface area contributed by atoms with Gasteiger partial charge in [-0.15, -0.1) is 11.3 Å². The maximum absolute atomic E-state index is 13.1. The Labute approximate surface area is 190 Å². The fraction of sp³-hybridized carbons (Fsp3) is 0.600. The van der Waals surface area contributed by atoms with Gasteiger partial charge in [-0.2, -0.15) is 18.3 Å². The molecule has 0 saturated carbocycles. The first-order valence-corrected chi connectivity index (χ1v) is 11.1. The number of thiophene rings is 1. The lowest BCUT2D eigenvalue weighted by Gasteiger charge is -2.18. The van der Waals surface area contributed by atoms with Gasteiger partial charge in [-0.05, 0) is 46.1 Å². The van der Waals surface area contributed by atoms with Gasteiger partial charge >= 0.3 is 18.0 Å². The van der Waals surface area contributed by atoms with Crippen LogP contribution in [0.3, 0.4) is 0 Å². The summed E-state index contributed by atoms with van der Waals surface area (Å²) in [5.41, 5.74) is -0.246. The van der Waals surface area contributed by atoms with E-state index in [0.717, 1.165) is 22.3 Å². The molecule has 2 aromatic rings. The Bertz CT molecular complexity index is 1180. The molecule has 0 aliphatic carbocycles. The van der Waals surface area contributed by atoms with Gasteiger partial charge < -0.3 is 9.47 Å². The smallest absolute Gasteiger partial charge is 0.428 e. The Morgan fingerprint density at radius 3 is 2.58 bits per heavy atom. The van der Waals surface area contributed by atoms with Crippen LogP contribution < -0.4 is 16.7 Å². The highest BCUT2D eigenvalue weighted by atomic mass is 32.1. The zero-order chi connectivity index (χ0) is 24.6. The molecule has 1 N–H and O–H groups in total. The maximum Gasteiger partial charge on any atom is 0.428 e. The van der Waals surface area contributed by atoms with Crippen molar-refractivity contribution in [1.29, 1.82) is 0 Å². The van der Waals surface area contributed by atoms with Crippen LogP contribution in [0.25, 0.3) is 10.2 Å². The van der Waals surface area contributed by atoms with Crippen molar-refractivity contribution in [3.05, 3.63) is 31.3 Å². The number of hydrogen-bond acceptors (Lipinski definition) is 7. The first kappa shape index (κ1) is 25.0. The molecule has 1 atom stereocenters. The minimum Gasteiger partial charge on any atom is -0.443 e. The molecule has 1 aliphatic heterocycles. The number of nitrogens with zero attached hydrogens (tertiary/aromatic N) is 3. The molecule has 0 aromatic carbocycles. The van der Waals surface area contributed by atoms with Crippen LogP contribution in [0.4, 0.5) is 18.0 Å². The molecule has 1 fully saturated rings. The first-order valence-electron chi connectivity index (χ1n) is 10.2. The summed E-state index contributed by atoms with van der Waals surface area (Å²) in [5, 5.41) is 3.81. The first-order chi connectivity index (χ1) is 15.3. The molecular formula is C20H25F3N4O5S. The fourth-order valence-corrected chi connectivity index (χ4v) is 4.63. The number of ether oxygens (including phenoxy) is 2. The van der Waals surface area contributed by atoms with Gasteiger partial charge in [0.05, 0.1) is 29.1 Å². The number of carbonyl (C=O) groups is 1. The Morgan fingerprint density at radius 1 is 1.30 bits per heavy atom. The van der Waals surface area contributed by atoms with Crippen LogP contribution in [-0.2, 0) is 22.6 Å². The molecule has 3 rings (SSSR count). The van der Waals surface area contributed by atoms with Crippen LogP contribution in [0.2, 0.25) is 0 Å². The predicted molar refractivity (Wildman–Crippen MR) is 117 cm³/mol. The number of aryl methyl sites for hydroxylation is 1. The van der Waals surface area contributed by atoms with Gasteiger partial charge in [0.25, 0.3) is 5.56 Å². The molecule has 13 heteroatoms. The molecule has 9 nitrogen and oxygen atoms in total. The fourth-order valence-electron chi connectivity index (χ4n) is 3.45. The number of carbonyl (C=O) groups excluding carboxylic acids is 1. The van der Waals surface area contributed by atoms with Gasteiger partial charge in [0, 0.05) is 6.61 Å². The number of alkyl halides is 3. The zero-order valence-corrected chi connectivity index (χ0v) is 19.4. The van der Waals surface area contributed by atoms with E-state index >= 15 is 0 Å². The molecule has 1 aliphatic rings. The van der Waals surface area contributed by atoms with Gasteiger partial charge in [0.15, 0.2) is 0 Å². The van der Waals surface area contributed by atoms with E-state index in [4.69, 9.17) is 9.47 Å². The van der Waals surface area contributed by atoms with Crippen LogP contribution in [0.5, 0.6) is 0 Å². The highest BCUT2D eigenvalue weighted by Gasteiger charge is 2.32. The average molecular weight is 491 g/mol. The average Bonchev–Trinajstić information content (AvgIpc) is 3.28. The highest BCUT2D eigenvalue weighted by Crippen LogP contribution is 2.28. The molecule has 0 radical (unpaired) electrons. The van der Waals surface area contributed by atoms with E-state index in [1.54, 1.807) is 27.7 Å². The molecule has 2 aromatic heterocycles. The number of halogens is 3. The monoisotopic (exact) mass is 490 g/mol. The normalized spacial score (nSPS) is 17.2. The summed E-state index contributed by atoms with van der Waals surface area (Å²) in [5.74, 6) is 0. The quantitative estimate of drug-likeness (QED) is 0.512. The van der Waals surface area contributed by atoms with Gasteiger partial charge in [0.2, 0.25) is 0 Å². The maximum atomic E-state index is 13.1. The van der Waals surface area contributed by atoms with Crippen molar-refractivity contribution in [2.75, 3.05) is 6.61 Å². The lowest BCUT2D eigenvalue weighted by molar-refractivity contribution is -0.142. The number of rotatable bonds is 5. The molecule has 33 heavy (non-hydrogen) atoms. The minimum absolute atomic E-state index is 0.000523. The van der Waals surface area contributed by atoms with Crippen molar-refractivity contribution >= 4 is 33.9 Å². The number of hydrogen-bond donors (Lipinski definition) is 1. The topological polar surface area (TPSA) is 104 Å². The predicted octanol–water partition coefficient (Wildman–Crippen LogP) is 3.13. The molecule has 182 valence electrons. The van der Waals surface area contributed by atoms with E-state index < -0.39 is 35.7 Å². The Hall–Kier alpha value is -2.67. The van der Waals surface area contributed by atoms with Crippen molar-refractivity contribution in [3.8, 4) is 0 Å². The number of fused-ring (bicyclic) bond motifs is 1. The van der Waals surface area contributed by atoms with Crippen LogP contribution in [0.1, 0.15) is 44.1 Å². The summed E-state index contributed by atoms with van der Waals surface area (Å²) >= 11 is 1.03. The summed E-state index contributed by atoms with van der Waals surface area (Å²) in [6.07, 6.45) is -3.17. The van der Waals surface area contributed by atoms with Crippen LogP contribution in [0, 0.1) is 6.92 Å². The van der Waals surface area contributed by atoms with Crippen LogP contribution in [-0.4, -0.2) is 45.9 Å². The second kappa shape index (κ2) is 9.29. The van der Waals surface area contributed by atoms with Crippen molar-refractivity contribution in [1.82, 2.24) is 14.6 Å². The van der Waals surface area contributed by atoms with Crippen LogP contribution in [0.15, 0.2) is 14.7 Å². The van der Waals surface area contributed by atoms with E-state index in [0.29, 0.717) is 23.5 Å². The molecule has 0 spiro atoms. The van der Waals surface area contributed by atoms with Crippen molar-refractivity contribution in [2.24, 2.45) is 5.10 Å². The van der Waals surface area contributed by atoms with E-state index in [-0.39, 0.29) is 27.4 Å². The Balaban J connectivity index is 2.06. The summed E-state index contributed by atoms with van der Waals surface area (Å²) in [4.78, 5) is 38.2. The second-order valence-electron chi connectivity index (χ2n) is 8.68. The third-order valence-corrected chi connectivity index (χ3v) is 6.06. The van der Waals surface area contributed by atoms with Gasteiger partial charge in [-0.25, -0.2) is 15.0 Å². The third-order valence-electron chi connectivity index (χ3n) is 4.82. The van der Waals surface area contributed by atoms with E-state index in [1.807, 2.05) is 0 Å². The van der Waals surface area contributed by atoms with Gasteiger partial charge in [-0.1, -0.05) is 0 Å². The van der Waals surface area contributed by atoms with Crippen molar-refractivity contribution in [3.63, 3.8) is 0 Å². The van der Waals surface area contributed by atoms with Gasteiger partial charge in [0.1, 0.15) is 17.0 Å². The largest absolute Gasteiger partial charge is 0.443 e. The lowest BCUT2D eigenvalue weighted by Crippen LogP contribution is -2.44. The zero-order valence-electron chi connectivity index (χ0n) is 18.6. The van der Waals surface area contributed by atoms with Crippen molar-refractivity contribution in [2.45, 2.75) is 71.5 Å². The summed E-state index contributed by atoms with van der Waals surface area (Å²) in [6, 6.07) is 0. The number of amides is 1. The summed E-state index contributed by atoms with van der Waals surface area (Å²) < 4.78 is 51.3. The van der Waals surface area contributed by atoms with Crippen molar-refractivity contribution < 1.29 is 27.4 Å².